The van der Waals surface area contributed by atoms with Crippen LogP contribution in [0.1, 0.15) is 29.1 Å². The minimum absolute atomic E-state index is 0.00980. The number of nitrogens with zero attached hydrogens (tertiary/aromatic N) is 3. The number of hydrogen-bond acceptors (Lipinski definition) is 4. The van der Waals surface area contributed by atoms with E-state index in [1.165, 1.54) is 16.2 Å². The van der Waals surface area contributed by atoms with Gasteiger partial charge >= 0.3 is 0 Å². The van der Waals surface area contributed by atoms with E-state index in [4.69, 9.17) is 4.98 Å². The molecule has 0 radical (unpaired) electrons. The van der Waals surface area contributed by atoms with Crippen LogP contribution >= 0.6 is 11.3 Å². The Morgan fingerprint density at radius 1 is 1.11 bits per heavy atom. The van der Waals surface area contributed by atoms with E-state index >= 15 is 0 Å². The summed E-state index contributed by atoms with van der Waals surface area (Å²) in [5, 5.41) is 3.22. The van der Waals surface area contributed by atoms with Crippen molar-refractivity contribution in [1.82, 2.24) is 14.5 Å². The minimum Gasteiger partial charge on any atom is -0.341 e. The third kappa shape index (κ3) is 3.52. The molecule has 4 rings (SSSR count). The summed E-state index contributed by atoms with van der Waals surface area (Å²) < 4.78 is 1.46. The van der Waals surface area contributed by atoms with E-state index in [-0.39, 0.29) is 23.4 Å². The van der Waals surface area contributed by atoms with Crippen molar-refractivity contribution < 1.29 is 4.79 Å². The number of piperidine rings is 1. The number of thiazole rings is 1. The van der Waals surface area contributed by atoms with Gasteiger partial charge in [-0.05, 0) is 31.4 Å². The van der Waals surface area contributed by atoms with Crippen molar-refractivity contribution in [3.63, 3.8) is 0 Å². The number of carbonyl (C=O) groups excluding carboxylic acids is 1. The van der Waals surface area contributed by atoms with Crippen LogP contribution in [0.3, 0.4) is 0 Å². The second kappa shape index (κ2) is 7.72. The first-order valence-electron chi connectivity index (χ1n) is 9.50. The Morgan fingerprint density at radius 2 is 1.82 bits per heavy atom. The molecule has 1 saturated heterocycles. The van der Waals surface area contributed by atoms with Crippen molar-refractivity contribution >= 4 is 17.2 Å². The molecule has 0 spiro atoms. The van der Waals surface area contributed by atoms with Gasteiger partial charge in [-0.3, -0.25) is 9.59 Å². The fraction of sp³-hybridized carbons (Fsp3) is 0.318. The molecule has 3 aromatic rings. The van der Waals surface area contributed by atoms with E-state index in [1.54, 1.807) is 29.7 Å². The van der Waals surface area contributed by atoms with Crippen LogP contribution in [0.2, 0.25) is 0 Å². The van der Waals surface area contributed by atoms with Gasteiger partial charge in [0.1, 0.15) is 6.54 Å². The number of benzene rings is 1. The van der Waals surface area contributed by atoms with Crippen LogP contribution in [-0.4, -0.2) is 33.4 Å². The van der Waals surface area contributed by atoms with Crippen LogP contribution in [0.4, 0.5) is 0 Å². The van der Waals surface area contributed by atoms with Gasteiger partial charge in [0.25, 0.3) is 5.56 Å². The average molecular weight is 394 g/mol. The monoisotopic (exact) mass is 393 g/mol. The van der Waals surface area contributed by atoms with Crippen molar-refractivity contribution in [3.05, 3.63) is 86.7 Å². The second-order valence-corrected chi connectivity index (χ2v) is 8.31. The summed E-state index contributed by atoms with van der Waals surface area (Å²) in [7, 11) is 0. The van der Waals surface area contributed by atoms with Gasteiger partial charge in [0.05, 0.1) is 10.7 Å². The summed E-state index contributed by atoms with van der Waals surface area (Å²) >= 11 is 1.67. The number of aryl methyl sites for hydroxylation is 1. The number of pyridine rings is 1. The topological polar surface area (TPSA) is 55.2 Å². The molecule has 0 bridgehead atoms. The van der Waals surface area contributed by atoms with Crippen LogP contribution in [-0.2, 0) is 16.8 Å². The van der Waals surface area contributed by atoms with Crippen LogP contribution in [0.15, 0.2) is 64.9 Å². The molecule has 1 fully saturated rings. The molecule has 1 amide bonds. The van der Waals surface area contributed by atoms with Crippen LogP contribution in [0.25, 0.3) is 0 Å². The van der Waals surface area contributed by atoms with Crippen LogP contribution < -0.4 is 5.56 Å². The molecule has 1 aliphatic heterocycles. The van der Waals surface area contributed by atoms with Gasteiger partial charge in [0.2, 0.25) is 5.91 Å². The van der Waals surface area contributed by atoms with E-state index in [0.717, 1.165) is 23.5 Å². The average Bonchev–Trinajstić information content (AvgIpc) is 3.17. The summed E-state index contributed by atoms with van der Waals surface area (Å²) in [4.78, 5) is 31.3. The fourth-order valence-corrected chi connectivity index (χ4v) is 4.72. The van der Waals surface area contributed by atoms with Crippen molar-refractivity contribution in [1.29, 1.82) is 0 Å². The van der Waals surface area contributed by atoms with Crippen molar-refractivity contribution in [2.45, 2.75) is 31.7 Å². The number of aromatic nitrogens is 2. The second-order valence-electron chi connectivity index (χ2n) is 7.25. The standard InChI is InChI=1S/C22H23N3O2S/c1-17-23-19(16-28-17)22(18-7-3-2-4-8-18)10-13-24(14-11-22)21(27)15-25-12-6-5-9-20(25)26/h2-9,12,16H,10-11,13-15H2,1H3. The Hall–Kier alpha value is -2.73. The van der Waals surface area contributed by atoms with Crippen LogP contribution in [0, 0.1) is 6.92 Å². The highest BCUT2D eigenvalue weighted by molar-refractivity contribution is 7.09. The summed E-state index contributed by atoms with van der Waals surface area (Å²) in [6.45, 7) is 3.44. The van der Waals surface area contributed by atoms with Gasteiger partial charge in [-0.1, -0.05) is 36.4 Å². The maximum atomic E-state index is 12.8. The Kier molecular flexibility index (Phi) is 5.13. The zero-order valence-electron chi connectivity index (χ0n) is 15.9. The van der Waals surface area contributed by atoms with Gasteiger partial charge < -0.3 is 9.47 Å². The molecule has 28 heavy (non-hydrogen) atoms. The molecule has 0 N–H and O–H groups in total. The molecule has 144 valence electrons. The third-order valence-electron chi connectivity index (χ3n) is 5.61. The Bertz CT molecular complexity index is 1020. The van der Waals surface area contributed by atoms with Gasteiger partial charge in [-0.25, -0.2) is 4.98 Å². The molecule has 5 nitrogen and oxygen atoms in total. The Balaban J connectivity index is 1.55. The lowest BCUT2D eigenvalue weighted by atomic mass is 9.70. The highest BCUT2D eigenvalue weighted by Crippen LogP contribution is 2.41. The molecule has 0 aliphatic carbocycles. The first-order valence-corrected chi connectivity index (χ1v) is 10.4. The molecule has 1 aliphatic rings. The lowest BCUT2D eigenvalue weighted by Crippen LogP contribution is -2.47. The number of hydrogen-bond donors (Lipinski definition) is 0. The number of likely N-dealkylation sites (tertiary alicyclic amines) is 1. The molecule has 0 saturated carbocycles. The van der Waals surface area contributed by atoms with Gasteiger partial charge in [0, 0.05) is 36.1 Å². The summed E-state index contributed by atoms with van der Waals surface area (Å²) in [6, 6.07) is 15.4. The summed E-state index contributed by atoms with van der Waals surface area (Å²) in [5.74, 6) is -0.00980. The quantitative estimate of drug-likeness (QED) is 0.684. The highest BCUT2D eigenvalue weighted by Gasteiger charge is 2.40. The van der Waals surface area contributed by atoms with Crippen molar-refractivity contribution in [2.24, 2.45) is 0 Å². The maximum Gasteiger partial charge on any atom is 0.250 e. The molecule has 0 atom stereocenters. The molecule has 2 aromatic heterocycles. The van der Waals surface area contributed by atoms with Gasteiger partial charge in [-0.15, -0.1) is 11.3 Å². The van der Waals surface area contributed by atoms with Crippen LogP contribution in [0.5, 0.6) is 0 Å². The lowest BCUT2D eigenvalue weighted by Gasteiger charge is -2.41. The third-order valence-corrected chi connectivity index (χ3v) is 6.38. The molecule has 3 heterocycles. The SMILES string of the molecule is Cc1nc(C2(c3ccccc3)CCN(C(=O)Cn3ccccc3=O)CC2)cs1. The number of amides is 1. The maximum absolute atomic E-state index is 12.8. The van der Waals surface area contributed by atoms with Crippen molar-refractivity contribution in [2.75, 3.05) is 13.1 Å². The Morgan fingerprint density at radius 3 is 2.46 bits per heavy atom. The predicted molar refractivity (Wildman–Crippen MR) is 111 cm³/mol. The van der Waals surface area contributed by atoms with E-state index in [9.17, 15) is 9.59 Å². The van der Waals surface area contributed by atoms with Gasteiger partial charge in [0.15, 0.2) is 0 Å². The number of carbonyl (C=O) groups is 1. The first kappa shape index (κ1) is 18.6. The molecule has 1 aromatic carbocycles. The molecular weight excluding hydrogens is 370 g/mol. The van der Waals surface area contributed by atoms with E-state index in [1.807, 2.05) is 17.9 Å². The summed E-state index contributed by atoms with van der Waals surface area (Å²) in [6.07, 6.45) is 3.32. The van der Waals surface area contributed by atoms with E-state index < -0.39 is 0 Å². The zero-order valence-corrected chi connectivity index (χ0v) is 16.7. The Labute approximate surface area is 168 Å². The molecular formula is C22H23N3O2S. The van der Waals surface area contributed by atoms with Gasteiger partial charge in [-0.2, -0.15) is 0 Å². The molecule has 0 unspecified atom stereocenters. The first-order chi connectivity index (χ1) is 13.6. The molecule has 6 heteroatoms. The van der Waals surface area contributed by atoms with Crippen molar-refractivity contribution in [3.8, 4) is 0 Å². The number of rotatable bonds is 4. The minimum atomic E-state index is -0.160. The largest absolute Gasteiger partial charge is 0.341 e. The normalized spacial score (nSPS) is 16.1. The smallest absolute Gasteiger partial charge is 0.250 e. The zero-order chi connectivity index (χ0) is 19.6. The van der Waals surface area contributed by atoms with E-state index in [0.29, 0.717) is 13.1 Å². The van der Waals surface area contributed by atoms with E-state index in [2.05, 4.69) is 29.6 Å². The lowest BCUT2D eigenvalue weighted by molar-refractivity contribution is -0.133. The summed E-state index contributed by atoms with van der Waals surface area (Å²) in [5.41, 5.74) is 2.05. The fourth-order valence-electron chi connectivity index (χ4n) is 4.01. The predicted octanol–water partition coefficient (Wildman–Crippen LogP) is 3.22. The highest BCUT2D eigenvalue weighted by atomic mass is 32.1.